The number of halogens is 3. The Kier molecular flexibility index (Phi) is 8.70. The van der Waals surface area contributed by atoms with Crippen LogP contribution in [0.2, 0.25) is 0 Å². The number of aromatic nitrogens is 1. The van der Waals surface area contributed by atoms with Gasteiger partial charge in [-0.2, -0.15) is 0 Å². The molecule has 1 aromatic heterocycles. The lowest BCUT2D eigenvalue weighted by Crippen LogP contribution is -2.27. The highest BCUT2D eigenvalue weighted by Crippen LogP contribution is 2.26. The van der Waals surface area contributed by atoms with Crippen LogP contribution in [0, 0.1) is 17.5 Å². The van der Waals surface area contributed by atoms with Crippen LogP contribution in [-0.4, -0.2) is 43.9 Å². The highest BCUT2D eigenvalue weighted by molar-refractivity contribution is 5.86. The molecule has 1 unspecified atom stereocenters. The number of hydrogen-bond donors (Lipinski definition) is 2. The van der Waals surface area contributed by atoms with Gasteiger partial charge in [-0.25, -0.2) is 13.2 Å². The number of rotatable bonds is 4. The Hall–Kier alpha value is -2.84. The number of hydrogen-bond acceptors (Lipinski definition) is 3. The van der Waals surface area contributed by atoms with Crippen LogP contribution in [0.3, 0.4) is 0 Å². The summed E-state index contributed by atoms with van der Waals surface area (Å²) >= 11 is 0. The topological polar surface area (TPSA) is 63.4 Å². The summed E-state index contributed by atoms with van der Waals surface area (Å²) in [6, 6.07) is 9.77. The number of ether oxygens (including phenoxy) is 2. The lowest BCUT2D eigenvalue weighted by molar-refractivity contribution is -0.110. The van der Waals surface area contributed by atoms with E-state index in [0.717, 1.165) is 25.5 Å². The van der Waals surface area contributed by atoms with E-state index in [0.29, 0.717) is 29.4 Å². The molecule has 1 aliphatic carbocycles. The van der Waals surface area contributed by atoms with Gasteiger partial charge in [0.2, 0.25) is 6.41 Å². The number of amides is 1. The number of methoxy groups -OCH3 is 1. The third-order valence-corrected chi connectivity index (χ3v) is 5.42. The van der Waals surface area contributed by atoms with Crippen LogP contribution >= 0.6 is 0 Å². The van der Waals surface area contributed by atoms with Crippen LogP contribution < -0.4 is 5.32 Å². The van der Waals surface area contributed by atoms with Crippen molar-refractivity contribution < 1.29 is 27.4 Å². The zero-order chi connectivity index (χ0) is 22.9. The smallest absolute Gasteiger partial charge is 0.207 e. The number of fused-ring (bicyclic) bond motifs is 1. The first kappa shape index (κ1) is 23.8. The molecular formula is C24H27F3N2O3. The summed E-state index contributed by atoms with van der Waals surface area (Å²) in [7, 11) is 1.78. The molecule has 0 spiro atoms. The van der Waals surface area contributed by atoms with E-state index in [1.165, 1.54) is 37.5 Å². The van der Waals surface area contributed by atoms with Gasteiger partial charge < -0.3 is 19.8 Å². The van der Waals surface area contributed by atoms with Crippen LogP contribution in [0.1, 0.15) is 25.7 Å². The van der Waals surface area contributed by atoms with Crippen molar-refractivity contribution in [3.05, 3.63) is 59.9 Å². The molecular weight excluding hydrogens is 421 g/mol. The SMILES string of the molecule is COC1CCC1.Fc1ccc(-c2cc3cc(F)cc(F)c3[nH]2)cc1.O=CNC1CCOC1. The minimum atomic E-state index is -0.640. The second-order valence-electron chi connectivity index (χ2n) is 7.68. The quantitative estimate of drug-likeness (QED) is 0.555. The average molecular weight is 448 g/mol. The molecule has 1 atom stereocenters. The van der Waals surface area contributed by atoms with E-state index in [1.54, 1.807) is 25.3 Å². The first-order valence-corrected chi connectivity index (χ1v) is 10.5. The molecule has 2 aliphatic rings. The molecule has 1 saturated heterocycles. The summed E-state index contributed by atoms with van der Waals surface area (Å²) in [5, 5.41) is 3.09. The van der Waals surface area contributed by atoms with Gasteiger partial charge in [-0.15, -0.1) is 0 Å². The predicted octanol–water partition coefficient (Wildman–Crippen LogP) is 4.96. The van der Waals surface area contributed by atoms with E-state index in [-0.39, 0.29) is 17.4 Å². The van der Waals surface area contributed by atoms with Crippen LogP contribution in [0.5, 0.6) is 0 Å². The molecule has 8 heteroatoms. The molecule has 2 heterocycles. The first-order chi connectivity index (χ1) is 15.5. The van der Waals surface area contributed by atoms with Crippen molar-refractivity contribution in [3.63, 3.8) is 0 Å². The van der Waals surface area contributed by atoms with Gasteiger partial charge in [0.05, 0.1) is 24.3 Å². The Labute approximate surface area is 184 Å². The second-order valence-corrected chi connectivity index (χ2v) is 7.68. The normalized spacial score (nSPS) is 17.6. The van der Waals surface area contributed by atoms with Crippen LogP contribution in [0.4, 0.5) is 13.2 Å². The summed E-state index contributed by atoms with van der Waals surface area (Å²) in [6.07, 6.45) is 6.24. The lowest BCUT2D eigenvalue weighted by atomic mass is 9.96. The molecule has 32 heavy (non-hydrogen) atoms. The van der Waals surface area contributed by atoms with E-state index < -0.39 is 11.6 Å². The van der Waals surface area contributed by atoms with Crippen LogP contribution in [0.15, 0.2) is 42.5 Å². The summed E-state index contributed by atoms with van der Waals surface area (Å²) in [6.45, 7) is 1.46. The van der Waals surface area contributed by atoms with Crippen molar-refractivity contribution in [2.45, 2.75) is 37.8 Å². The van der Waals surface area contributed by atoms with Crippen molar-refractivity contribution in [1.82, 2.24) is 10.3 Å². The van der Waals surface area contributed by atoms with Gasteiger partial charge in [0.15, 0.2) is 0 Å². The molecule has 3 aromatic rings. The molecule has 172 valence electrons. The Balaban J connectivity index is 0.000000169. The minimum Gasteiger partial charge on any atom is -0.381 e. The highest BCUT2D eigenvalue weighted by atomic mass is 19.1. The fourth-order valence-electron chi connectivity index (χ4n) is 3.32. The van der Waals surface area contributed by atoms with Crippen molar-refractivity contribution in [3.8, 4) is 11.3 Å². The zero-order valence-electron chi connectivity index (χ0n) is 17.9. The second kappa shape index (κ2) is 11.7. The van der Waals surface area contributed by atoms with Gasteiger partial charge in [-0.05, 0) is 67.6 Å². The maximum atomic E-state index is 13.5. The number of nitrogens with one attached hydrogen (secondary N) is 2. The number of carbonyl (C=O) groups is 1. The van der Waals surface area contributed by atoms with Crippen molar-refractivity contribution in [1.29, 1.82) is 0 Å². The number of aromatic amines is 1. The minimum absolute atomic E-state index is 0.246. The maximum Gasteiger partial charge on any atom is 0.207 e. The third-order valence-electron chi connectivity index (χ3n) is 5.42. The summed E-state index contributed by atoms with van der Waals surface area (Å²) in [4.78, 5) is 12.7. The maximum absolute atomic E-state index is 13.5. The fourth-order valence-corrected chi connectivity index (χ4v) is 3.32. The molecule has 2 aromatic carbocycles. The number of H-pyrrole nitrogens is 1. The standard InChI is InChI=1S/C14H8F3N.C5H9NO2.C5H10O/c15-10-3-1-8(2-4-10)13-6-9-5-11(16)7-12(17)14(9)18-13;7-4-6-5-1-2-8-3-5;1-6-5-3-2-4-5/h1-7,18H;4-5H,1-3H2,(H,6,7);5H,2-4H2,1H3. The summed E-state index contributed by atoms with van der Waals surface area (Å²) in [5.74, 6) is -1.60. The number of benzene rings is 2. The average Bonchev–Trinajstić information content (AvgIpc) is 3.39. The fraction of sp³-hybridized carbons (Fsp3) is 0.375. The molecule has 1 amide bonds. The van der Waals surface area contributed by atoms with E-state index in [9.17, 15) is 18.0 Å². The molecule has 0 radical (unpaired) electrons. The summed E-state index contributed by atoms with van der Waals surface area (Å²) in [5.41, 5.74) is 1.58. The van der Waals surface area contributed by atoms with Gasteiger partial charge in [-0.1, -0.05) is 0 Å². The van der Waals surface area contributed by atoms with Gasteiger partial charge in [0.25, 0.3) is 0 Å². The molecule has 2 N–H and O–H groups in total. The predicted molar refractivity (Wildman–Crippen MR) is 117 cm³/mol. The van der Waals surface area contributed by atoms with Gasteiger partial charge in [0.1, 0.15) is 17.5 Å². The van der Waals surface area contributed by atoms with E-state index in [2.05, 4.69) is 10.3 Å². The molecule has 0 bridgehead atoms. The van der Waals surface area contributed by atoms with Gasteiger partial charge in [0, 0.05) is 30.9 Å². The Morgan fingerprint density at radius 2 is 1.81 bits per heavy atom. The molecule has 1 aliphatic heterocycles. The Morgan fingerprint density at radius 1 is 1.06 bits per heavy atom. The third kappa shape index (κ3) is 6.58. The number of carbonyl (C=O) groups excluding carboxylic acids is 1. The van der Waals surface area contributed by atoms with E-state index in [4.69, 9.17) is 9.47 Å². The van der Waals surface area contributed by atoms with E-state index in [1.807, 2.05) is 0 Å². The van der Waals surface area contributed by atoms with Crippen LogP contribution in [-0.2, 0) is 14.3 Å². The summed E-state index contributed by atoms with van der Waals surface area (Å²) < 4.78 is 49.3. The van der Waals surface area contributed by atoms with Gasteiger partial charge in [-0.3, -0.25) is 4.79 Å². The molecule has 1 saturated carbocycles. The molecule has 5 nitrogen and oxygen atoms in total. The monoisotopic (exact) mass is 448 g/mol. The van der Waals surface area contributed by atoms with E-state index >= 15 is 0 Å². The van der Waals surface area contributed by atoms with Crippen LogP contribution in [0.25, 0.3) is 22.2 Å². The van der Waals surface area contributed by atoms with Gasteiger partial charge >= 0.3 is 0 Å². The first-order valence-electron chi connectivity index (χ1n) is 10.5. The van der Waals surface area contributed by atoms with Crippen molar-refractivity contribution in [2.24, 2.45) is 0 Å². The van der Waals surface area contributed by atoms with Crippen molar-refractivity contribution >= 4 is 17.3 Å². The zero-order valence-corrected chi connectivity index (χ0v) is 17.9. The molecule has 5 rings (SSSR count). The largest absolute Gasteiger partial charge is 0.381 e. The lowest BCUT2D eigenvalue weighted by Gasteiger charge is -2.22. The highest BCUT2D eigenvalue weighted by Gasteiger charge is 2.15. The molecule has 2 fully saturated rings. The Bertz CT molecular complexity index is 995. The van der Waals surface area contributed by atoms with Crippen molar-refractivity contribution in [2.75, 3.05) is 20.3 Å². The Morgan fingerprint density at radius 3 is 2.34 bits per heavy atom.